The quantitative estimate of drug-likeness (QED) is 0.149. The van der Waals surface area contributed by atoms with Crippen LogP contribution in [-0.4, -0.2) is 21.7 Å². The number of rotatable bonds is 7. The number of aromatic nitrogens is 3. The molecule has 0 fully saturated rings. The first kappa shape index (κ1) is 51.4. The largest absolute Gasteiger partial charge is 0.311 e. The van der Waals surface area contributed by atoms with Crippen molar-refractivity contribution in [1.29, 1.82) is 0 Å². The monoisotopic (exact) mass is 1030 g/mol. The van der Waals surface area contributed by atoms with E-state index in [9.17, 15) is 0 Å². The standard InChI is InChI=1S/C73H70BN5/c1-70(2,3)54-29-23-47(24-30-54)51-27-41-62-60(43-51)74-61-44-52(48-25-31-55(32-26-48)71(4,5)6)28-42-63(61)79(59-39-35-57(36-40-59)73(10,11)12)65-46-53(45-64(66(65)74)78(62)58-37-33-56(34-38-58)72(7,8)9)69-76-67(49-19-15-13-16-20-49)75-68(77-69)50-21-17-14-18-22-50/h13-46H,1-12H3. The van der Waals surface area contributed by atoms with E-state index in [1.807, 2.05) is 36.4 Å². The molecule has 0 radical (unpaired) electrons. The minimum atomic E-state index is -0.153. The number of anilines is 6. The van der Waals surface area contributed by atoms with Crippen molar-refractivity contribution < 1.29 is 0 Å². The van der Waals surface area contributed by atoms with Crippen LogP contribution in [0.2, 0.25) is 0 Å². The SMILES string of the molecule is CC(C)(C)c1ccc(-c2ccc3c(c2)B2c4cc(-c5ccc(C(C)(C)C)cc5)ccc4N(c4ccc(C(C)(C)C)cc4)c4cc(-c5nc(-c6ccccc6)nc(-c6ccccc6)n5)cc(c42)N3c2ccc(C(C)(C)C)cc2)cc1. The fourth-order valence-corrected chi connectivity index (χ4v) is 11.5. The average molecular weight is 1030 g/mol. The number of benzene rings is 9. The van der Waals surface area contributed by atoms with Crippen LogP contribution in [0.4, 0.5) is 34.1 Å². The molecule has 5 nitrogen and oxygen atoms in total. The van der Waals surface area contributed by atoms with Crippen molar-refractivity contribution >= 4 is 57.2 Å². The first-order valence-corrected chi connectivity index (χ1v) is 28.0. The highest BCUT2D eigenvalue weighted by atomic mass is 15.2. The zero-order chi connectivity index (χ0) is 55.2. The zero-order valence-corrected chi connectivity index (χ0v) is 47.9. The third kappa shape index (κ3) is 9.66. The van der Waals surface area contributed by atoms with Gasteiger partial charge in [0.05, 0.1) is 0 Å². The second kappa shape index (κ2) is 19.2. The number of hydrogen-bond donors (Lipinski definition) is 0. The molecule has 0 saturated carbocycles. The first-order valence-electron chi connectivity index (χ1n) is 28.0. The van der Waals surface area contributed by atoms with E-state index in [1.165, 1.54) is 60.9 Å². The minimum absolute atomic E-state index is 0.0247. The van der Waals surface area contributed by atoms with Gasteiger partial charge in [-0.1, -0.05) is 241 Å². The van der Waals surface area contributed by atoms with Crippen molar-refractivity contribution in [1.82, 2.24) is 15.0 Å². The highest BCUT2D eigenvalue weighted by molar-refractivity contribution is 7.00. The van der Waals surface area contributed by atoms with E-state index in [2.05, 4.69) is 263 Å². The highest BCUT2D eigenvalue weighted by Crippen LogP contribution is 2.48. The van der Waals surface area contributed by atoms with Crippen molar-refractivity contribution in [2.75, 3.05) is 9.80 Å². The molecule has 0 N–H and O–H groups in total. The Morgan fingerprint density at radius 3 is 0.911 bits per heavy atom. The lowest BCUT2D eigenvalue weighted by atomic mass is 9.33. The molecular formula is C73H70BN5. The molecule has 0 atom stereocenters. The first-order chi connectivity index (χ1) is 37.7. The van der Waals surface area contributed by atoms with Crippen molar-refractivity contribution in [3.05, 3.63) is 229 Å². The highest BCUT2D eigenvalue weighted by Gasteiger charge is 2.44. The van der Waals surface area contributed by atoms with Gasteiger partial charge >= 0.3 is 0 Å². The molecule has 2 aliphatic heterocycles. The molecule has 3 heterocycles. The lowest BCUT2D eigenvalue weighted by Crippen LogP contribution is -2.61. The maximum Gasteiger partial charge on any atom is 0.252 e. The van der Waals surface area contributed by atoms with E-state index in [1.54, 1.807) is 0 Å². The normalized spacial score (nSPS) is 13.2. The van der Waals surface area contributed by atoms with Gasteiger partial charge in [-0.2, -0.15) is 0 Å². The summed E-state index contributed by atoms with van der Waals surface area (Å²) in [6.07, 6.45) is 0. The summed E-state index contributed by atoms with van der Waals surface area (Å²) in [6, 6.07) is 76.5. The summed E-state index contributed by atoms with van der Waals surface area (Å²) in [4.78, 5) is 21.0. The number of hydrogen-bond acceptors (Lipinski definition) is 5. The molecule has 0 aliphatic carbocycles. The fraction of sp³-hybridized carbons (Fsp3) is 0.219. The van der Waals surface area contributed by atoms with E-state index >= 15 is 0 Å². The van der Waals surface area contributed by atoms with E-state index in [0.717, 1.165) is 50.8 Å². The zero-order valence-electron chi connectivity index (χ0n) is 47.9. The Morgan fingerprint density at radius 1 is 0.278 bits per heavy atom. The van der Waals surface area contributed by atoms with Crippen LogP contribution in [0.1, 0.15) is 105 Å². The number of nitrogens with zero attached hydrogens (tertiary/aromatic N) is 5. The van der Waals surface area contributed by atoms with Crippen LogP contribution in [-0.2, 0) is 21.7 Å². The summed E-state index contributed by atoms with van der Waals surface area (Å²) >= 11 is 0. The molecule has 0 bridgehead atoms. The Bertz CT molecular complexity index is 3650. The maximum absolute atomic E-state index is 5.40. The Morgan fingerprint density at radius 2 is 0.582 bits per heavy atom. The molecule has 1 aromatic heterocycles. The molecule has 12 rings (SSSR count). The third-order valence-corrected chi connectivity index (χ3v) is 16.2. The fourth-order valence-electron chi connectivity index (χ4n) is 11.5. The van der Waals surface area contributed by atoms with Crippen LogP contribution in [0, 0.1) is 0 Å². The lowest BCUT2D eigenvalue weighted by Gasteiger charge is -2.44. The average Bonchev–Trinajstić information content (AvgIpc) is 3.50. The van der Waals surface area contributed by atoms with Crippen LogP contribution in [0.3, 0.4) is 0 Å². The predicted molar refractivity (Wildman–Crippen MR) is 336 cm³/mol. The van der Waals surface area contributed by atoms with Crippen molar-refractivity contribution in [2.24, 2.45) is 0 Å². The van der Waals surface area contributed by atoms with Gasteiger partial charge in [0.25, 0.3) is 6.71 Å². The van der Waals surface area contributed by atoms with E-state index in [4.69, 9.17) is 15.0 Å². The molecule has 390 valence electrons. The van der Waals surface area contributed by atoms with E-state index < -0.39 is 0 Å². The molecule has 0 amide bonds. The second-order valence-corrected chi connectivity index (χ2v) is 25.9. The van der Waals surface area contributed by atoms with Crippen LogP contribution in [0.15, 0.2) is 206 Å². The number of fused-ring (bicyclic) bond motifs is 4. The smallest absolute Gasteiger partial charge is 0.252 e. The minimum Gasteiger partial charge on any atom is -0.311 e. The predicted octanol–water partition coefficient (Wildman–Crippen LogP) is 17.5. The molecule has 2 aliphatic rings. The summed E-state index contributed by atoms with van der Waals surface area (Å²) in [5, 5.41) is 0. The summed E-state index contributed by atoms with van der Waals surface area (Å²) in [5.74, 6) is 1.86. The summed E-state index contributed by atoms with van der Waals surface area (Å²) in [5.41, 5.74) is 23.1. The van der Waals surface area contributed by atoms with Gasteiger partial charge < -0.3 is 9.80 Å². The molecule has 79 heavy (non-hydrogen) atoms. The van der Waals surface area contributed by atoms with Crippen molar-refractivity contribution in [3.8, 4) is 56.4 Å². The molecule has 9 aromatic carbocycles. The molecular weight excluding hydrogens is 958 g/mol. The topological polar surface area (TPSA) is 45.2 Å². The Kier molecular flexibility index (Phi) is 12.5. The van der Waals surface area contributed by atoms with Crippen LogP contribution in [0.5, 0.6) is 0 Å². The van der Waals surface area contributed by atoms with Gasteiger partial charge in [-0.3, -0.25) is 0 Å². The van der Waals surface area contributed by atoms with Crippen molar-refractivity contribution in [3.63, 3.8) is 0 Å². The summed E-state index contributed by atoms with van der Waals surface area (Å²) in [7, 11) is 0. The molecule has 6 heteroatoms. The van der Waals surface area contributed by atoms with Gasteiger partial charge in [0, 0.05) is 50.8 Å². The molecule has 0 spiro atoms. The Labute approximate surface area is 469 Å². The van der Waals surface area contributed by atoms with Gasteiger partial charge in [-0.25, -0.2) is 15.0 Å². The Hall–Kier alpha value is -8.35. The van der Waals surface area contributed by atoms with Gasteiger partial charge in [-0.05, 0) is 131 Å². The van der Waals surface area contributed by atoms with Crippen molar-refractivity contribution in [2.45, 2.75) is 105 Å². The van der Waals surface area contributed by atoms with Gasteiger partial charge in [0.15, 0.2) is 17.5 Å². The van der Waals surface area contributed by atoms with Crippen LogP contribution < -0.4 is 26.2 Å². The maximum atomic E-state index is 5.40. The van der Waals surface area contributed by atoms with E-state index in [-0.39, 0.29) is 28.4 Å². The van der Waals surface area contributed by atoms with Gasteiger partial charge in [0.2, 0.25) is 0 Å². The molecule has 0 unspecified atom stereocenters. The van der Waals surface area contributed by atoms with Crippen LogP contribution in [0.25, 0.3) is 56.4 Å². The van der Waals surface area contributed by atoms with Gasteiger partial charge in [-0.15, -0.1) is 0 Å². The molecule has 0 saturated heterocycles. The second-order valence-electron chi connectivity index (χ2n) is 25.9. The Balaban J connectivity index is 1.18. The summed E-state index contributed by atoms with van der Waals surface area (Å²) in [6.45, 7) is 27.3. The van der Waals surface area contributed by atoms with Crippen LogP contribution >= 0.6 is 0 Å². The lowest BCUT2D eigenvalue weighted by molar-refractivity contribution is 0.590. The molecule has 10 aromatic rings. The third-order valence-electron chi connectivity index (χ3n) is 16.2. The van der Waals surface area contributed by atoms with E-state index in [0.29, 0.717) is 17.5 Å². The summed E-state index contributed by atoms with van der Waals surface area (Å²) < 4.78 is 0. The van der Waals surface area contributed by atoms with Gasteiger partial charge in [0.1, 0.15) is 0 Å².